The van der Waals surface area contributed by atoms with Crippen molar-refractivity contribution in [3.05, 3.63) is 41.6 Å². The molecule has 1 aliphatic rings. The van der Waals surface area contributed by atoms with Crippen LogP contribution >= 0.6 is 0 Å². The first-order valence-corrected chi connectivity index (χ1v) is 5.85. The molecule has 1 aromatic carbocycles. The number of aromatic amines is 1. The van der Waals surface area contributed by atoms with Crippen molar-refractivity contribution < 1.29 is 4.79 Å². The molecule has 1 saturated heterocycles. The molecule has 1 aromatic heterocycles. The number of rotatable bonds is 1. The van der Waals surface area contributed by atoms with E-state index >= 15 is 0 Å². The number of piperidine rings is 1. The second-order valence-electron chi connectivity index (χ2n) is 4.31. The van der Waals surface area contributed by atoms with Crippen LogP contribution in [0.5, 0.6) is 0 Å². The predicted octanol–water partition coefficient (Wildman–Crippen LogP) is 2.11. The van der Waals surface area contributed by atoms with Gasteiger partial charge >= 0.3 is 0 Å². The number of aromatic nitrogens is 1. The maximum absolute atomic E-state index is 11.7. The van der Waals surface area contributed by atoms with E-state index in [-0.39, 0.29) is 5.78 Å². The summed E-state index contributed by atoms with van der Waals surface area (Å²) >= 11 is 0. The molecule has 0 spiro atoms. The first-order valence-electron chi connectivity index (χ1n) is 5.85. The van der Waals surface area contributed by atoms with E-state index in [2.05, 4.69) is 16.4 Å². The van der Waals surface area contributed by atoms with Gasteiger partial charge in [0.05, 0.1) is 0 Å². The SMILES string of the molecule is O=C1CCNCC1=Cc1c[nH]c2ccccc12. The second-order valence-corrected chi connectivity index (χ2v) is 4.31. The Bertz CT molecular complexity index is 595. The van der Waals surface area contributed by atoms with Crippen molar-refractivity contribution in [1.82, 2.24) is 10.3 Å². The van der Waals surface area contributed by atoms with E-state index in [4.69, 9.17) is 0 Å². The van der Waals surface area contributed by atoms with E-state index in [1.54, 1.807) is 0 Å². The van der Waals surface area contributed by atoms with E-state index in [1.807, 2.05) is 30.5 Å². The average Bonchev–Trinajstić information content (AvgIpc) is 2.76. The number of ketones is 1. The normalized spacial score (nSPS) is 19.1. The van der Waals surface area contributed by atoms with Gasteiger partial charge in [-0.15, -0.1) is 0 Å². The van der Waals surface area contributed by atoms with E-state index in [0.29, 0.717) is 13.0 Å². The van der Waals surface area contributed by atoms with Gasteiger partial charge in [-0.2, -0.15) is 0 Å². The number of para-hydroxylation sites is 1. The molecule has 86 valence electrons. The highest BCUT2D eigenvalue weighted by atomic mass is 16.1. The van der Waals surface area contributed by atoms with Gasteiger partial charge in [-0.25, -0.2) is 0 Å². The zero-order valence-corrected chi connectivity index (χ0v) is 9.49. The smallest absolute Gasteiger partial charge is 0.161 e. The van der Waals surface area contributed by atoms with Crippen molar-refractivity contribution in [2.75, 3.05) is 13.1 Å². The maximum atomic E-state index is 11.7. The number of H-pyrrole nitrogens is 1. The van der Waals surface area contributed by atoms with Crippen LogP contribution in [0.1, 0.15) is 12.0 Å². The summed E-state index contributed by atoms with van der Waals surface area (Å²) in [4.78, 5) is 15.0. The van der Waals surface area contributed by atoms with Crippen molar-refractivity contribution in [3.8, 4) is 0 Å². The molecule has 1 aliphatic heterocycles. The summed E-state index contributed by atoms with van der Waals surface area (Å²) in [5, 5.41) is 4.39. The van der Waals surface area contributed by atoms with Crippen LogP contribution in [-0.4, -0.2) is 23.9 Å². The fraction of sp³-hybridized carbons (Fsp3) is 0.214. The van der Waals surface area contributed by atoms with Gasteiger partial charge in [-0.1, -0.05) is 18.2 Å². The van der Waals surface area contributed by atoms with Gasteiger partial charge in [-0.3, -0.25) is 4.79 Å². The van der Waals surface area contributed by atoms with Gasteiger partial charge in [0.1, 0.15) is 0 Å². The minimum Gasteiger partial charge on any atom is -0.361 e. The summed E-state index contributed by atoms with van der Waals surface area (Å²) in [5.74, 6) is 0.258. The molecule has 3 rings (SSSR count). The molecule has 1 fully saturated rings. The van der Waals surface area contributed by atoms with Crippen LogP contribution in [0, 0.1) is 0 Å². The van der Waals surface area contributed by atoms with Crippen LogP contribution in [0.2, 0.25) is 0 Å². The summed E-state index contributed by atoms with van der Waals surface area (Å²) in [6, 6.07) is 8.12. The standard InChI is InChI=1S/C14H14N2O/c17-14-5-6-15-8-11(14)7-10-9-16-13-4-2-1-3-12(10)13/h1-4,7,9,15-16H,5-6,8H2. The summed E-state index contributed by atoms with van der Waals surface area (Å²) in [6.07, 6.45) is 4.56. The summed E-state index contributed by atoms with van der Waals surface area (Å²) in [6.45, 7) is 1.47. The van der Waals surface area contributed by atoms with E-state index in [9.17, 15) is 4.79 Å². The largest absolute Gasteiger partial charge is 0.361 e. The average molecular weight is 226 g/mol. The Kier molecular flexibility index (Phi) is 2.53. The molecule has 0 atom stereocenters. The van der Waals surface area contributed by atoms with Gasteiger partial charge in [0.15, 0.2) is 5.78 Å². The van der Waals surface area contributed by atoms with Crippen LogP contribution in [0.3, 0.4) is 0 Å². The fourth-order valence-corrected chi connectivity index (χ4v) is 2.22. The molecule has 2 N–H and O–H groups in total. The number of carbonyl (C=O) groups excluding carboxylic acids is 1. The topological polar surface area (TPSA) is 44.9 Å². The Balaban J connectivity index is 2.04. The van der Waals surface area contributed by atoms with Crippen molar-refractivity contribution in [1.29, 1.82) is 0 Å². The lowest BCUT2D eigenvalue weighted by Crippen LogP contribution is -2.30. The molecule has 0 aliphatic carbocycles. The molecule has 3 heteroatoms. The fourth-order valence-electron chi connectivity index (χ4n) is 2.22. The molecule has 2 aromatic rings. The first kappa shape index (κ1) is 10.3. The number of benzene rings is 1. The summed E-state index contributed by atoms with van der Waals surface area (Å²) < 4.78 is 0. The van der Waals surface area contributed by atoms with Crippen LogP contribution < -0.4 is 5.32 Å². The van der Waals surface area contributed by atoms with E-state index in [1.165, 1.54) is 5.39 Å². The zero-order valence-electron chi connectivity index (χ0n) is 9.49. The van der Waals surface area contributed by atoms with Gasteiger partial charge in [0, 0.05) is 47.7 Å². The van der Waals surface area contributed by atoms with E-state index < -0.39 is 0 Å². The maximum Gasteiger partial charge on any atom is 0.161 e. The Morgan fingerprint density at radius 2 is 2.12 bits per heavy atom. The van der Waals surface area contributed by atoms with Crippen LogP contribution in [0.25, 0.3) is 17.0 Å². The minimum absolute atomic E-state index is 0.258. The Labute approximate surface area is 99.5 Å². The molecular formula is C14H14N2O. The first-order chi connectivity index (χ1) is 8.34. The lowest BCUT2D eigenvalue weighted by atomic mass is 10.0. The molecular weight excluding hydrogens is 212 g/mol. The third kappa shape index (κ3) is 1.89. The van der Waals surface area contributed by atoms with Crippen molar-refractivity contribution >= 4 is 22.8 Å². The molecule has 0 saturated carbocycles. The third-order valence-electron chi connectivity index (χ3n) is 3.15. The lowest BCUT2D eigenvalue weighted by molar-refractivity contribution is -0.116. The van der Waals surface area contributed by atoms with Crippen LogP contribution in [0.15, 0.2) is 36.0 Å². The molecule has 0 radical (unpaired) electrons. The van der Waals surface area contributed by atoms with Crippen molar-refractivity contribution in [2.24, 2.45) is 0 Å². The quantitative estimate of drug-likeness (QED) is 0.731. The van der Waals surface area contributed by atoms with Gasteiger partial charge in [0.2, 0.25) is 0 Å². The van der Waals surface area contributed by atoms with Crippen molar-refractivity contribution in [2.45, 2.75) is 6.42 Å². The highest BCUT2D eigenvalue weighted by molar-refractivity contribution is 6.02. The highest BCUT2D eigenvalue weighted by Gasteiger charge is 2.14. The number of fused-ring (bicyclic) bond motifs is 1. The number of hydrogen-bond acceptors (Lipinski definition) is 2. The summed E-state index contributed by atoms with van der Waals surface area (Å²) in [5.41, 5.74) is 3.07. The predicted molar refractivity (Wildman–Crippen MR) is 68.8 cm³/mol. The number of Topliss-reactive ketones (excluding diaryl/α,β-unsaturated/α-hetero) is 1. The monoisotopic (exact) mass is 226 g/mol. The Morgan fingerprint density at radius 1 is 1.24 bits per heavy atom. The molecule has 0 unspecified atom stereocenters. The number of carbonyl (C=O) groups is 1. The third-order valence-corrected chi connectivity index (χ3v) is 3.15. The van der Waals surface area contributed by atoms with Crippen LogP contribution in [0.4, 0.5) is 0 Å². The summed E-state index contributed by atoms with van der Waals surface area (Å²) in [7, 11) is 0. The lowest BCUT2D eigenvalue weighted by Gasteiger charge is -2.13. The van der Waals surface area contributed by atoms with Gasteiger partial charge < -0.3 is 10.3 Å². The molecule has 2 heterocycles. The van der Waals surface area contributed by atoms with E-state index in [0.717, 1.165) is 23.2 Å². The van der Waals surface area contributed by atoms with Crippen LogP contribution in [-0.2, 0) is 4.79 Å². The zero-order chi connectivity index (χ0) is 11.7. The van der Waals surface area contributed by atoms with Gasteiger partial charge in [0.25, 0.3) is 0 Å². The minimum atomic E-state index is 0.258. The molecule has 17 heavy (non-hydrogen) atoms. The van der Waals surface area contributed by atoms with Gasteiger partial charge in [-0.05, 0) is 12.1 Å². The molecule has 3 nitrogen and oxygen atoms in total. The second kappa shape index (κ2) is 4.18. The number of nitrogens with one attached hydrogen (secondary N) is 2. The Hall–Kier alpha value is -1.87. The van der Waals surface area contributed by atoms with Crippen molar-refractivity contribution in [3.63, 3.8) is 0 Å². The molecule has 0 bridgehead atoms. The number of hydrogen-bond donors (Lipinski definition) is 2. The Morgan fingerprint density at radius 3 is 3.00 bits per heavy atom. The molecule has 0 amide bonds. The highest BCUT2D eigenvalue weighted by Crippen LogP contribution is 2.21.